The molecule has 4 aromatic rings. The molecule has 0 aliphatic rings. The Labute approximate surface area is 208 Å². The van der Waals surface area contributed by atoms with Crippen LogP contribution in [0.2, 0.25) is 5.02 Å². The lowest BCUT2D eigenvalue weighted by atomic mass is 10.2. The Bertz CT molecular complexity index is 1560. The number of aryl methyl sites for hydroxylation is 1. The predicted octanol–water partition coefficient (Wildman–Crippen LogP) is 4.22. The zero-order chi connectivity index (χ0) is 26.3. The van der Waals surface area contributed by atoms with Crippen LogP contribution in [-0.4, -0.2) is 41.5 Å². The molecule has 0 atom stereocenters. The number of anilines is 1. The van der Waals surface area contributed by atoms with Crippen LogP contribution in [0.3, 0.4) is 0 Å². The third kappa shape index (κ3) is 4.84. The van der Waals surface area contributed by atoms with E-state index in [-0.39, 0.29) is 17.0 Å². The maximum atomic E-state index is 13.6. The summed E-state index contributed by atoms with van der Waals surface area (Å²) in [7, 11) is -1.54. The molecule has 0 bridgehead atoms. The lowest BCUT2D eigenvalue weighted by Crippen LogP contribution is -2.32. The van der Waals surface area contributed by atoms with Crippen LogP contribution in [0.25, 0.3) is 11.0 Å². The van der Waals surface area contributed by atoms with E-state index >= 15 is 0 Å². The molecule has 0 radical (unpaired) electrons. The second kappa shape index (κ2) is 9.39. The van der Waals surface area contributed by atoms with Crippen molar-refractivity contribution in [3.63, 3.8) is 0 Å². The number of hydrogen-bond donors (Lipinski definition) is 0. The van der Waals surface area contributed by atoms with Crippen LogP contribution >= 0.6 is 11.6 Å². The van der Waals surface area contributed by atoms with Crippen LogP contribution in [0.15, 0.2) is 59.6 Å². The van der Waals surface area contributed by atoms with Crippen molar-refractivity contribution in [3.8, 4) is 0 Å². The van der Waals surface area contributed by atoms with Gasteiger partial charge in [0.1, 0.15) is 5.52 Å². The fourth-order valence-corrected chi connectivity index (χ4v) is 5.15. The van der Waals surface area contributed by atoms with Gasteiger partial charge in [0.15, 0.2) is 5.82 Å². The lowest BCUT2D eigenvalue weighted by Gasteiger charge is -2.25. The lowest BCUT2D eigenvalue weighted by molar-refractivity contribution is -0.137. The van der Waals surface area contributed by atoms with Gasteiger partial charge in [0.25, 0.3) is 10.0 Å². The number of rotatable bonds is 6. The van der Waals surface area contributed by atoms with Crippen molar-refractivity contribution in [2.45, 2.75) is 17.6 Å². The second-order valence-corrected chi connectivity index (χ2v) is 9.86. The van der Waals surface area contributed by atoms with E-state index in [1.807, 2.05) is 0 Å². The molecule has 4 rings (SSSR count). The van der Waals surface area contributed by atoms with E-state index < -0.39 is 38.6 Å². The quantitative estimate of drug-likeness (QED) is 0.338. The van der Waals surface area contributed by atoms with Crippen LogP contribution in [0.4, 0.5) is 19.0 Å². The molecule has 9 nitrogen and oxygen atoms in total. The molecule has 0 unspecified atom stereocenters. The van der Waals surface area contributed by atoms with E-state index in [1.54, 1.807) is 25.2 Å². The van der Waals surface area contributed by atoms with Gasteiger partial charge < -0.3 is 4.74 Å². The summed E-state index contributed by atoms with van der Waals surface area (Å²) in [6.45, 7) is -0.328. The Morgan fingerprint density at radius 1 is 1.14 bits per heavy atom. The number of nitrogens with zero attached hydrogens (tertiary/aromatic N) is 5. The molecule has 188 valence electrons. The fourth-order valence-electron chi connectivity index (χ4n) is 3.40. The van der Waals surface area contributed by atoms with Gasteiger partial charge in [0.05, 0.1) is 40.2 Å². The number of ether oxygens (including phenoxy) is 1. The van der Waals surface area contributed by atoms with E-state index in [2.05, 4.69) is 20.0 Å². The minimum absolute atomic E-state index is 0.113. The van der Waals surface area contributed by atoms with Gasteiger partial charge in [-0.15, -0.1) is 5.10 Å². The summed E-state index contributed by atoms with van der Waals surface area (Å²) in [5, 5.41) is 7.39. The van der Waals surface area contributed by atoms with Gasteiger partial charge in [0, 0.05) is 13.2 Å². The summed E-state index contributed by atoms with van der Waals surface area (Å²) in [6.07, 6.45) is -4.21. The standard InChI is InChI=1S/C22H17ClF3N5O4S/c1-30-19-8-3-13(9-18(19)28-29-30)12-31(20-17(23)10-15(11-27-20)22(24,25)26)36(33,34)16-6-4-14(5-7-16)21(32)35-2/h3-11H,12H2,1-2H3. The van der Waals surface area contributed by atoms with Crippen molar-refractivity contribution in [1.82, 2.24) is 20.0 Å². The highest BCUT2D eigenvalue weighted by Crippen LogP contribution is 2.36. The SMILES string of the molecule is COC(=O)c1ccc(S(=O)(=O)N(Cc2ccc3c(c2)nnn3C)c2ncc(C(F)(F)F)cc2Cl)cc1. The molecular formula is C22H17ClF3N5O4S. The Balaban J connectivity index is 1.81. The Hall–Kier alpha value is -3.71. The summed E-state index contributed by atoms with van der Waals surface area (Å²) in [5.41, 5.74) is 0.618. The molecule has 0 saturated carbocycles. The zero-order valence-electron chi connectivity index (χ0n) is 18.7. The number of halogens is 4. The first-order valence-corrected chi connectivity index (χ1v) is 12.0. The fraction of sp³-hybridized carbons (Fsp3) is 0.182. The summed E-state index contributed by atoms with van der Waals surface area (Å²) < 4.78 is 73.7. The summed E-state index contributed by atoms with van der Waals surface area (Å²) in [5.74, 6) is -1.07. The van der Waals surface area contributed by atoms with E-state index in [4.69, 9.17) is 11.6 Å². The first kappa shape index (κ1) is 25.4. The predicted molar refractivity (Wildman–Crippen MR) is 124 cm³/mol. The smallest absolute Gasteiger partial charge is 0.417 e. The molecule has 0 fully saturated rings. The number of benzene rings is 2. The number of fused-ring (bicyclic) bond motifs is 1. The number of hydrogen-bond acceptors (Lipinski definition) is 7. The molecule has 0 aliphatic heterocycles. The maximum Gasteiger partial charge on any atom is 0.417 e. The maximum absolute atomic E-state index is 13.6. The van der Waals surface area contributed by atoms with Crippen molar-refractivity contribution in [3.05, 3.63) is 76.4 Å². The Morgan fingerprint density at radius 3 is 2.44 bits per heavy atom. The summed E-state index contributed by atoms with van der Waals surface area (Å²) in [6, 6.07) is 10.4. The summed E-state index contributed by atoms with van der Waals surface area (Å²) >= 11 is 6.12. The third-order valence-electron chi connectivity index (χ3n) is 5.25. The van der Waals surface area contributed by atoms with Crippen molar-refractivity contribution >= 4 is 44.4 Å². The van der Waals surface area contributed by atoms with E-state index in [0.29, 0.717) is 28.9 Å². The number of alkyl halides is 3. The van der Waals surface area contributed by atoms with Gasteiger partial charge >= 0.3 is 12.1 Å². The molecule has 2 aromatic carbocycles. The van der Waals surface area contributed by atoms with Gasteiger partial charge in [-0.3, -0.25) is 0 Å². The van der Waals surface area contributed by atoms with E-state index in [1.165, 1.54) is 36.1 Å². The number of methoxy groups -OCH3 is 1. The topological polar surface area (TPSA) is 107 Å². The van der Waals surface area contributed by atoms with Crippen molar-refractivity contribution in [2.24, 2.45) is 7.05 Å². The molecule has 2 heterocycles. The van der Waals surface area contributed by atoms with Gasteiger partial charge in [-0.1, -0.05) is 22.9 Å². The number of sulfonamides is 1. The number of carbonyl (C=O) groups is 1. The minimum atomic E-state index is -4.72. The average Bonchev–Trinajstić information content (AvgIpc) is 3.21. The molecular weight excluding hydrogens is 523 g/mol. The van der Waals surface area contributed by atoms with E-state index in [0.717, 1.165) is 4.31 Å². The van der Waals surface area contributed by atoms with Crippen molar-refractivity contribution < 1.29 is 31.1 Å². The van der Waals surface area contributed by atoms with Crippen LogP contribution in [0.5, 0.6) is 0 Å². The highest BCUT2D eigenvalue weighted by atomic mass is 35.5. The zero-order valence-corrected chi connectivity index (χ0v) is 20.3. The number of esters is 1. The third-order valence-corrected chi connectivity index (χ3v) is 7.28. The average molecular weight is 540 g/mol. The van der Waals surface area contributed by atoms with Gasteiger partial charge in [-0.25, -0.2) is 27.2 Å². The molecule has 36 heavy (non-hydrogen) atoms. The first-order valence-electron chi connectivity index (χ1n) is 10.1. The molecule has 14 heteroatoms. The highest BCUT2D eigenvalue weighted by Gasteiger charge is 2.34. The van der Waals surface area contributed by atoms with Gasteiger partial charge in [-0.2, -0.15) is 13.2 Å². The Kier molecular flexibility index (Phi) is 6.62. The molecule has 0 amide bonds. The first-order chi connectivity index (χ1) is 16.9. The van der Waals surface area contributed by atoms with Crippen LogP contribution in [0.1, 0.15) is 21.5 Å². The van der Waals surface area contributed by atoms with Crippen LogP contribution in [-0.2, 0) is 34.5 Å². The van der Waals surface area contributed by atoms with Gasteiger partial charge in [0.2, 0.25) is 0 Å². The second-order valence-electron chi connectivity index (χ2n) is 7.59. The van der Waals surface area contributed by atoms with Crippen LogP contribution < -0.4 is 4.31 Å². The molecule has 0 aliphatic carbocycles. The van der Waals surface area contributed by atoms with Crippen LogP contribution in [0, 0.1) is 0 Å². The Morgan fingerprint density at radius 2 is 1.83 bits per heavy atom. The molecule has 0 spiro atoms. The summed E-state index contributed by atoms with van der Waals surface area (Å²) in [4.78, 5) is 15.2. The van der Waals surface area contributed by atoms with E-state index in [9.17, 15) is 26.4 Å². The minimum Gasteiger partial charge on any atom is -0.465 e. The highest BCUT2D eigenvalue weighted by molar-refractivity contribution is 7.92. The van der Waals surface area contributed by atoms with Crippen molar-refractivity contribution in [1.29, 1.82) is 0 Å². The van der Waals surface area contributed by atoms with Gasteiger partial charge in [-0.05, 0) is 48.0 Å². The molecule has 2 aromatic heterocycles. The number of carbonyl (C=O) groups excluding carboxylic acids is 1. The largest absolute Gasteiger partial charge is 0.465 e. The molecule has 0 N–H and O–H groups in total. The normalized spacial score (nSPS) is 12.1. The van der Waals surface area contributed by atoms with Crippen molar-refractivity contribution in [2.75, 3.05) is 11.4 Å². The monoisotopic (exact) mass is 539 g/mol. The molecule has 0 saturated heterocycles. The number of aromatic nitrogens is 4. The number of pyridine rings is 1.